The van der Waals surface area contributed by atoms with E-state index >= 15 is 0 Å². The maximum Gasteiger partial charge on any atom is 0.394 e. The molecular weight excluding hydrogens is 365 g/mol. The molecule has 9 heteroatoms. The lowest BCUT2D eigenvalue weighted by atomic mass is 9.96. The molecule has 0 spiro atoms. The summed E-state index contributed by atoms with van der Waals surface area (Å²) in [5, 5.41) is 11.5. The maximum atomic E-state index is 12.9. The van der Waals surface area contributed by atoms with Gasteiger partial charge in [-0.25, -0.2) is 4.79 Å². The van der Waals surface area contributed by atoms with Crippen molar-refractivity contribution in [1.29, 1.82) is 0 Å². The number of aliphatic carboxylic acids is 1. The van der Waals surface area contributed by atoms with Crippen LogP contribution in [-0.4, -0.2) is 54.4 Å². The highest BCUT2D eigenvalue weighted by atomic mass is 19.4. The van der Waals surface area contributed by atoms with Crippen molar-refractivity contribution in [1.82, 2.24) is 10.2 Å². The van der Waals surface area contributed by atoms with Crippen LogP contribution >= 0.6 is 0 Å². The fraction of sp³-hybridized carbons (Fsp3) is 0.556. The van der Waals surface area contributed by atoms with Gasteiger partial charge in [0.2, 0.25) is 0 Å². The van der Waals surface area contributed by atoms with Crippen molar-refractivity contribution >= 4 is 12.0 Å². The number of ether oxygens (including phenoxy) is 1. The number of alkyl halides is 3. The van der Waals surface area contributed by atoms with E-state index in [1.807, 2.05) is 32.0 Å². The van der Waals surface area contributed by atoms with Crippen LogP contribution in [0.25, 0.3) is 0 Å². The van der Waals surface area contributed by atoms with Crippen molar-refractivity contribution in [3.63, 3.8) is 0 Å². The van der Waals surface area contributed by atoms with Gasteiger partial charge in [0.25, 0.3) is 0 Å². The Balaban J connectivity index is 1.77. The molecule has 2 N–H and O–H groups in total. The number of amides is 2. The Morgan fingerprint density at radius 2 is 2.00 bits per heavy atom. The topological polar surface area (TPSA) is 78.9 Å². The van der Waals surface area contributed by atoms with E-state index < -0.39 is 43.1 Å². The van der Waals surface area contributed by atoms with Gasteiger partial charge in [0.15, 0.2) is 0 Å². The van der Waals surface area contributed by atoms with Gasteiger partial charge in [-0.3, -0.25) is 4.79 Å². The van der Waals surface area contributed by atoms with Crippen LogP contribution in [0.15, 0.2) is 18.2 Å². The number of carboxylic acid groups (broad SMARTS) is 1. The van der Waals surface area contributed by atoms with E-state index in [1.54, 1.807) is 0 Å². The Bertz CT molecular complexity index is 694. The Hall–Kier alpha value is -2.45. The predicted molar refractivity (Wildman–Crippen MR) is 91.7 cm³/mol. The van der Waals surface area contributed by atoms with Crippen molar-refractivity contribution in [3.05, 3.63) is 29.3 Å². The number of nitrogens with one attached hydrogen (secondary N) is 1. The summed E-state index contributed by atoms with van der Waals surface area (Å²) >= 11 is 0. The first-order chi connectivity index (χ1) is 12.6. The van der Waals surface area contributed by atoms with Crippen LogP contribution in [-0.2, 0) is 4.79 Å². The molecule has 0 radical (unpaired) electrons. The molecule has 150 valence electrons. The minimum Gasteiger partial charge on any atom is -0.493 e. The number of hydrogen-bond acceptors (Lipinski definition) is 3. The highest BCUT2D eigenvalue weighted by Gasteiger charge is 2.53. The standard InChI is InChI=1S/C18H23F3N2O4/c1-11-5-3-6-15(12(11)2)27-8-4-7-22-17(26)23-9-13(16(24)25)14(10-23)18(19,20)21/h3,5-6,13-14H,4,7-10H2,1-2H3,(H,22,26)(H,24,25)/t13-,14-/m1/s1. The molecule has 1 aromatic rings. The Morgan fingerprint density at radius 1 is 1.30 bits per heavy atom. The van der Waals surface area contributed by atoms with Gasteiger partial charge in [-0.2, -0.15) is 13.2 Å². The van der Waals surface area contributed by atoms with Gasteiger partial charge in [-0.1, -0.05) is 12.1 Å². The number of hydrogen-bond donors (Lipinski definition) is 2. The number of urea groups is 1. The zero-order valence-corrected chi connectivity index (χ0v) is 15.2. The highest BCUT2D eigenvalue weighted by Crippen LogP contribution is 2.37. The van der Waals surface area contributed by atoms with Crippen molar-refractivity contribution in [3.8, 4) is 5.75 Å². The average molecular weight is 388 g/mol. The third-order valence-corrected chi connectivity index (χ3v) is 4.75. The first-order valence-electron chi connectivity index (χ1n) is 8.62. The second-order valence-corrected chi connectivity index (χ2v) is 6.63. The summed E-state index contributed by atoms with van der Waals surface area (Å²) in [6, 6.07) is 4.99. The number of aryl methyl sites for hydroxylation is 1. The van der Waals surface area contributed by atoms with E-state index in [-0.39, 0.29) is 6.54 Å². The Morgan fingerprint density at radius 3 is 2.59 bits per heavy atom. The fourth-order valence-electron chi connectivity index (χ4n) is 2.99. The lowest BCUT2D eigenvalue weighted by Gasteiger charge is -2.18. The summed E-state index contributed by atoms with van der Waals surface area (Å²) in [6.45, 7) is 3.37. The second kappa shape index (κ2) is 8.49. The Kier molecular flexibility index (Phi) is 6.56. The number of halogens is 3. The summed E-state index contributed by atoms with van der Waals surface area (Å²) in [5.41, 5.74) is 2.12. The van der Waals surface area contributed by atoms with Crippen LogP contribution in [0.2, 0.25) is 0 Å². The van der Waals surface area contributed by atoms with E-state index in [0.717, 1.165) is 21.8 Å². The predicted octanol–water partition coefficient (Wildman–Crippen LogP) is 2.98. The quantitative estimate of drug-likeness (QED) is 0.735. The van der Waals surface area contributed by atoms with Crippen LogP contribution in [0, 0.1) is 25.7 Å². The fourth-order valence-corrected chi connectivity index (χ4v) is 2.99. The maximum absolute atomic E-state index is 12.9. The minimum absolute atomic E-state index is 0.217. The molecule has 1 heterocycles. The van der Waals surface area contributed by atoms with Gasteiger partial charge in [0.1, 0.15) is 5.75 Å². The summed E-state index contributed by atoms with van der Waals surface area (Å²) in [6.07, 6.45) is -4.18. The van der Waals surface area contributed by atoms with Crippen LogP contribution < -0.4 is 10.1 Å². The zero-order chi connectivity index (χ0) is 20.2. The second-order valence-electron chi connectivity index (χ2n) is 6.63. The van der Waals surface area contributed by atoms with Gasteiger partial charge >= 0.3 is 18.2 Å². The van der Waals surface area contributed by atoms with E-state index in [4.69, 9.17) is 9.84 Å². The van der Waals surface area contributed by atoms with Gasteiger partial charge in [0.05, 0.1) is 18.4 Å². The highest BCUT2D eigenvalue weighted by molar-refractivity contribution is 5.77. The van der Waals surface area contributed by atoms with Crippen molar-refractivity contribution < 1.29 is 32.6 Å². The van der Waals surface area contributed by atoms with Gasteiger partial charge in [0, 0.05) is 19.6 Å². The lowest BCUT2D eigenvalue weighted by Crippen LogP contribution is -2.40. The third kappa shape index (κ3) is 5.27. The van der Waals surface area contributed by atoms with Gasteiger partial charge in [-0.05, 0) is 37.5 Å². The molecule has 2 atom stereocenters. The third-order valence-electron chi connectivity index (χ3n) is 4.75. The molecule has 2 amide bonds. The van der Waals surface area contributed by atoms with Crippen LogP contribution in [0.4, 0.5) is 18.0 Å². The molecule has 0 saturated carbocycles. The molecule has 1 aliphatic heterocycles. The van der Waals surface area contributed by atoms with Gasteiger partial charge < -0.3 is 20.1 Å². The van der Waals surface area contributed by atoms with Crippen molar-refractivity contribution in [2.75, 3.05) is 26.2 Å². The number of benzene rings is 1. The molecule has 6 nitrogen and oxygen atoms in total. The molecule has 1 aromatic carbocycles. The van der Waals surface area contributed by atoms with Crippen LogP contribution in [0.3, 0.4) is 0 Å². The molecule has 0 aliphatic carbocycles. The van der Waals surface area contributed by atoms with E-state index in [9.17, 15) is 22.8 Å². The number of nitrogens with zero attached hydrogens (tertiary/aromatic N) is 1. The molecule has 1 aliphatic rings. The summed E-state index contributed by atoms with van der Waals surface area (Å²) in [4.78, 5) is 24.0. The summed E-state index contributed by atoms with van der Waals surface area (Å²) in [5.74, 6) is -4.48. The number of carboxylic acids is 1. The largest absolute Gasteiger partial charge is 0.493 e. The monoisotopic (exact) mass is 388 g/mol. The molecule has 0 bridgehead atoms. The van der Waals surface area contributed by atoms with Crippen LogP contribution in [0.5, 0.6) is 5.75 Å². The SMILES string of the molecule is Cc1cccc(OCCCNC(=O)N2C[C@@H](C(F)(F)F)[C@H](C(=O)O)C2)c1C. The van der Waals surface area contributed by atoms with Gasteiger partial charge in [-0.15, -0.1) is 0 Å². The first kappa shape index (κ1) is 20.9. The average Bonchev–Trinajstić information content (AvgIpc) is 3.04. The number of carbonyl (C=O) groups is 2. The normalized spacial score (nSPS) is 19.8. The zero-order valence-electron chi connectivity index (χ0n) is 15.2. The number of likely N-dealkylation sites (tertiary alicyclic amines) is 1. The molecule has 0 aromatic heterocycles. The molecular formula is C18H23F3N2O4. The summed E-state index contributed by atoms with van der Waals surface area (Å²) in [7, 11) is 0. The first-order valence-corrected chi connectivity index (χ1v) is 8.62. The van der Waals surface area contributed by atoms with E-state index in [2.05, 4.69) is 5.32 Å². The summed E-state index contributed by atoms with van der Waals surface area (Å²) < 4.78 is 44.5. The smallest absolute Gasteiger partial charge is 0.394 e. The molecule has 2 rings (SSSR count). The van der Waals surface area contributed by atoms with E-state index in [1.165, 1.54) is 0 Å². The number of carbonyl (C=O) groups excluding carboxylic acids is 1. The van der Waals surface area contributed by atoms with Crippen molar-refractivity contribution in [2.24, 2.45) is 11.8 Å². The lowest BCUT2D eigenvalue weighted by molar-refractivity contribution is -0.187. The van der Waals surface area contributed by atoms with E-state index in [0.29, 0.717) is 13.0 Å². The number of rotatable bonds is 6. The van der Waals surface area contributed by atoms with Crippen molar-refractivity contribution in [2.45, 2.75) is 26.4 Å². The minimum atomic E-state index is -4.66. The molecule has 1 saturated heterocycles. The van der Waals surface area contributed by atoms with Crippen LogP contribution in [0.1, 0.15) is 17.5 Å². The Labute approximate surface area is 155 Å². The molecule has 0 unspecified atom stereocenters. The molecule has 27 heavy (non-hydrogen) atoms. The molecule has 1 fully saturated rings.